The molecule has 0 unspecified atom stereocenters. The Morgan fingerprint density at radius 3 is 2.87 bits per heavy atom. The first-order valence-electron chi connectivity index (χ1n) is 8.17. The normalized spacial score (nSPS) is 27.5. The van der Waals surface area contributed by atoms with Crippen molar-refractivity contribution in [3.8, 4) is 5.75 Å². The lowest BCUT2D eigenvalue weighted by Gasteiger charge is -2.35. The Morgan fingerprint density at radius 1 is 1.35 bits per heavy atom. The minimum atomic E-state index is -0.286. The van der Waals surface area contributed by atoms with Crippen molar-refractivity contribution >= 4 is 17.5 Å². The average Bonchev–Trinajstić information content (AvgIpc) is 2.98. The Labute approximate surface area is 141 Å². The van der Waals surface area contributed by atoms with Gasteiger partial charge in [0.25, 0.3) is 0 Å². The maximum absolute atomic E-state index is 11.7. The van der Waals surface area contributed by atoms with Crippen LogP contribution in [0, 0.1) is 0 Å². The molecule has 3 rings (SSSR count). The summed E-state index contributed by atoms with van der Waals surface area (Å²) in [7, 11) is 1.66. The number of carbonyl (C=O) groups is 1. The van der Waals surface area contributed by atoms with Gasteiger partial charge in [0, 0.05) is 31.2 Å². The van der Waals surface area contributed by atoms with Crippen LogP contribution in [0.4, 0.5) is 0 Å². The summed E-state index contributed by atoms with van der Waals surface area (Å²) in [4.78, 5) is 14.1. The Bertz CT molecular complexity index is 537. The van der Waals surface area contributed by atoms with E-state index >= 15 is 0 Å². The molecule has 23 heavy (non-hydrogen) atoms. The monoisotopic (exact) mass is 338 g/mol. The first-order chi connectivity index (χ1) is 11.2. The number of rotatable bonds is 5. The number of amides is 1. The summed E-state index contributed by atoms with van der Waals surface area (Å²) in [5.41, 5.74) is 0. The number of nitrogens with one attached hydrogen (secondary N) is 1. The van der Waals surface area contributed by atoms with E-state index in [0.29, 0.717) is 17.7 Å². The molecule has 2 fully saturated rings. The summed E-state index contributed by atoms with van der Waals surface area (Å²) in [6, 6.07) is 7.83. The molecule has 0 aliphatic carbocycles. The molecule has 0 saturated carbocycles. The lowest BCUT2D eigenvalue weighted by atomic mass is 9.98. The fourth-order valence-corrected chi connectivity index (χ4v) is 3.58. The highest BCUT2D eigenvalue weighted by atomic mass is 35.5. The van der Waals surface area contributed by atoms with Crippen molar-refractivity contribution in [2.75, 3.05) is 26.7 Å². The molecule has 1 amide bonds. The summed E-state index contributed by atoms with van der Waals surface area (Å²) >= 11 is 5.86. The van der Waals surface area contributed by atoms with Gasteiger partial charge in [-0.3, -0.25) is 9.69 Å². The van der Waals surface area contributed by atoms with Gasteiger partial charge in [-0.1, -0.05) is 11.6 Å². The van der Waals surface area contributed by atoms with E-state index in [-0.39, 0.29) is 18.1 Å². The fraction of sp³-hybridized carbons (Fsp3) is 0.588. The highest BCUT2D eigenvalue weighted by molar-refractivity contribution is 6.30. The highest BCUT2D eigenvalue weighted by Crippen LogP contribution is 2.31. The van der Waals surface area contributed by atoms with E-state index in [1.165, 1.54) is 0 Å². The Kier molecular flexibility index (Phi) is 5.41. The lowest BCUT2D eigenvalue weighted by Crippen LogP contribution is -2.47. The number of nitrogens with zero attached hydrogens (tertiary/aromatic N) is 1. The molecule has 2 heterocycles. The number of likely N-dealkylation sites (N-methyl/N-ethyl adjacent to an activating group) is 1. The SMILES string of the molecule is CNC(=O)[C@@H]1CC[C@@H]2[C@@H](CCN2CCOc2ccc(Cl)cc2)O1. The third-order valence-electron chi connectivity index (χ3n) is 4.66. The van der Waals surface area contributed by atoms with E-state index in [4.69, 9.17) is 21.1 Å². The van der Waals surface area contributed by atoms with Gasteiger partial charge in [0.2, 0.25) is 5.91 Å². The Balaban J connectivity index is 1.46. The number of carbonyl (C=O) groups excluding carboxylic acids is 1. The van der Waals surface area contributed by atoms with Crippen LogP contribution in [0.1, 0.15) is 19.3 Å². The van der Waals surface area contributed by atoms with Gasteiger partial charge in [0.15, 0.2) is 0 Å². The van der Waals surface area contributed by atoms with Crippen LogP contribution in [0.2, 0.25) is 5.02 Å². The summed E-state index contributed by atoms with van der Waals surface area (Å²) in [6.07, 6.45) is 2.66. The molecule has 0 bridgehead atoms. The molecule has 2 aliphatic rings. The van der Waals surface area contributed by atoms with Gasteiger partial charge in [-0.05, 0) is 43.5 Å². The Morgan fingerprint density at radius 2 is 2.13 bits per heavy atom. The second kappa shape index (κ2) is 7.51. The molecule has 0 aromatic heterocycles. The van der Waals surface area contributed by atoms with Gasteiger partial charge in [-0.2, -0.15) is 0 Å². The van der Waals surface area contributed by atoms with Crippen LogP contribution in [0.5, 0.6) is 5.75 Å². The molecule has 2 saturated heterocycles. The largest absolute Gasteiger partial charge is 0.492 e. The quantitative estimate of drug-likeness (QED) is 0.893. The van der Waals surface area contributed by atoms with Gasteiger partial charge in [-0.15, -0.1) is 0 Å². The second-order valence-corrected chi connectivity index (χ2v) is 6.49. The first kappa shape index (κ1) is 16.6. The van der Waals surface area contributed by atoms with E-state index in [1.807, 2.05) is 24.3 Å². The smallest absolute Gasteiger partial charge is 0.248 e. The van der Waals surface area contributed by atoms with Crippen molar-refractivity contribution in [1.29, 1.82) is 0 Å². The van der Waals surface area contributed by atoms with Crippen molar-refractivity contribution in [1.82, 2.24) is 10.2 Å². The number of halogens is 1. The lowest BCUT2D eigenvalue weighted by molar-refractivity contribution is -0.143. The molecule has 0 radical (unpaired) electrons. The first-order valence-corrected chi connectivity index (χ1v) is 8.54. The van der Waals surface area contributed by atoms with Crippen molar-refractivity contribution in [3.05, 3.63) is 29.3 Å². The standard InChI is InChI=1S/C17H23ClN2O3/c1-19-17(21)16-7-6-14-15(23-16)8-9-20(14)10-11-22-13-4-2-12(18)3-5-13/h2-5,14-16H,6-11H2,1H3,(H,19,21)/t14-,15-,16+/m1/s1. The predicted molar refractivity (Wildman–Crippen MR) is 88.9 cm³/mol. The molecule has 1 N–H and O–H groups in total. The average molecular weight is 339 g/mol. The number of hydrogen-bond acceptors (Lipinski definition) is 4. The summed E-state index contributed by atoms with van der Waals surface area (Å²) < 4.78 is 11.7. The molecular weight excluding hydrogens is 316 g/mol. The van der Waals surface area contributed by atoms with Gasteiger partial charge < -0.3 is 14.8 Å². The van der Waals surface area contributed by atoms with Crippen LogP contribution in [-0.2, 0) is 9.53 Å². The molecule has 3 atom stereocenters. The third kappa shape index (κ3) is 3.97. The number of likely N-dealkylation sites (tertiary alicyclic amines) is 1. The van der Waals surface area contributed by atoms with E-state index < -0.39 is 0 Å². The molecule has 5 nitrogen and oxygen atoms in total. The number of ether oxygens (including phenoxy) is 2. The van der Waals surface area contributed by atoms with Gasteiger partial charge >= 0.3 is 0 Å². The van der Waals surface area contributed by atoms with Crippen LogP contribution >= 0.6 is 11.6 Å². The minimum Gasteiger partial charge on any atom is -0.492 e. The second-order valence-electron chi connectivity index (χ2n) is 6.05. The number of benzene rings is 1. The molecule has 1 aromatic carbocycles. The van der Waals surface area contributed by atoms with Crippen molar-refractivity contribution < 1.29 is 14.3 Å². The number of hydrogen-bond donors (Lipinski definition) is 1. The topological polar surface area (TPSA) is 50.8 Å². The van der Waals surface area contributed by atoms with E-state index in [1.54, 1.807) is 7.05 Å². The predicted octanol–water partition coefficient (Wildman–Crippen LogP) is 2.09. The zero-order valence-corrected chi connectivity index (χ0v) is 14.1. The zero-order chi connectivity index (χ0) is 16.2. The van der Waals surface area contributed by atoms with Crippen molar-refractivity contribution in [2.45, 2.75) is 37.5 Å². The van der Waals surface area contributed by atoms with E-state index in [2.05, 4.69) is 10.2 Å². The van der Waals surface area contributed by atoms with Crippen molar-refractivity contribution in [2.24, 2.45) is 0 Å². The van der Waals surface area contributed by atoms with Crippen LogP contribution < -0.4 is 10.1 Å². The molecular formula is C17H23ClN2O3. The Hall–Kier alpha value is -1.30. The maximum Gasteiger partial charge on any atom is 0.248 e. The summed E-state index contributed by atoms with van der Waals surface area (Å²) in [5, 5.41) is 3.39. The van der Waals surface area contributed by atoms with E-state index in [9.17, 15) is 4.79 Å². The zero-order valence-electron chi connectivity index (χ0n) is 13.3. The van der Waals surface area contributed by atoms with Crippen molar-refractivity contribution in [3.63, 3.8) is 0 Å². The molecule has 0 spiro atoms. The summed E-state index contributed by atoms with van der Waals surface area (Å²) in [6.45, 7) is 2.52. The fourth-order valence-electron chi connectivity index (χ4n) is 3.46. The van der Waals surface area contributed by atoms with Crippen LogP contribution in [0.3, 0.4) is 0 Å². The minimum absolute atomic E-state index is 0.00651. The van der Waals surface area contributed by atoms with Gasteiger partial charge in [-0.25, -0.2) is 0 Å². The van der Waals surface area contributed by atoms with Crippen LogP contribution in [0.25, 0.3) is 0 Å². The molecule has 6 heteroatoms. The third-order valence-corrected chi connectivity index (χ3v) is 4.91. The number of fused-ring (bicyclic) bond motifs is 1. The molecule has 126 valence electrons. The molecule has 2 aliphatic heterocycles. The summed E-state index contributed by atoms with van der Waals surface area (Å²) in [5.74, 6) is 0.831. The van der Waals surface area contributed by atoms with Gasteiger partial charge in [0.1, 0.15) is 18.5 Å². The highest BCUT2D eigenvalue weighted by Gasteiger charge is 2.41. The van der Waals surface area contributed by atoms with E-state index in [0.717, 1.165) is 38.1 Å². The van der Waals surface area contributed by atoms with Crippen LogP contribution in [0.15, 0.2) is 24.3 Å². The van der Waals surface area contributed by atoms with Crippen LogP contribution in [-0.4, -0.2) is 55.8 Å². The van der Waals surface area contributed by atoms with Gasteiger partial charge in [0.05, 0.1) is 6.10 Å². The molecule has 1 aromatic rings. The maximum atomic E-state index is 11.7.